The van der Waals surface area contributed by atoms with Gasteiger partial charge in [0, 0.05) is 10.7 Å². The largest absolute Gasteiger partial charge is 0.490 e. The van der Waals surface area contributed by atoms with Crippen molar-refractivity contribution >= 4 is 15.9 Å². The van der Waals surface area contributed by atoms with Crippen LogP contribution in [0.1, 0.15) is 25.7 Å². The van der Waals surface area contributed by atoms with Crippen LogP contribution in [0.25, 0.3) is 5.82 Å². The molecule has 1 aliphatic carbocycles. The van der Waals surface area contributed by atoms with Crippen LogP contribution in [0.2, 0.25) is 0 Å². The number of halogens is 1. The lowest BCUT2D eigenvalue weighted by atomic mass is 10.1. The third kappa shape index (κ3) is 3.15. The van der Waals surface area contributed by atoms with Crippen LogP contribution in [0.4, 0.5) is 0 Å². The highest BCUT2D eigenvalue weighted by molar-refractivity contribution is 9.10. The van der Waals surface area contributed by atoms with Gasteiger partial charge < -0.3 is 4.74 Å². The summed E-state index contributed by atoms with van der Waals surface area (Å²) in [7, 11) is 0. The van der Waals surface area contributed by atoms with Crippen LogP contribution in [0.5, 0.6) is 5.75 Å². The second kappa shape index (κ2) is 5.74. The molecule has 5 heteroatoms. The summed E-state index contributed by atoms with van der Waals surface area (Å²) >= 11 is 3.37. The molecule has 0 N–H and O–H groups in total. The van der Waals surface area contributed by atoms with Crippen LogP contribution in [0.15, 0.2) is 35.2 Å². The minimum atomic E-state index is 0.717. The van der Waals surface area contributed by atoms with E-state index in [0.717, 1.165) is 22.6 Å². The van der Waals surface area contributed by atoms with Crippen molar-refractivity contribution in [3.05, 3.63) is 35.2 Å². The van der Waals surface area contributed by atoms with E-state index >= 15 is 0 Å². The van der Waals surface area contributed by atoms with Gasteiger partial charge in [0.1, 0.15) is 0 Å². The van der Waals surface area contributed by atoms with Crippen molar-refractivity contribution in [3.8, 4) is 11.6 Å². The summed E-state index contributed by atoms with van der Waals surface area (Å²) in [6, 6.07) is 3.86. The summed E-state index contributed by atoms with van der Waals surface area (Å²) in [5.74, 6) is 2.32. The number of nitrogens with zero attached hydrogens (tertiary/aromatic N) is 3. The van der Waals surface area contributed by atoms with Crippen LogP contribution in [0.3, 0.4) is 0 Å². The first-order valence-electron chi connectivity index (χ1n) is 6.61. The number of aromatic nitrogens is 3. The molecule has 3 rings (SSSR count). The summed E-state index contributed by atoms with van der Waals surface area (Å²) in [5.41, 5.74) is 0. The van der Waals surface area contributed by atoms with Gasteiger partial charge in [-0.25, -0.2) is 9.67 Å². The molecule has 1 fully saturated rings. The number of pyridine rings is 1. The molecule has 0 bridgehead atoms. The van der Waals surface area contributed by atoms with E-state index in [9.17, 15) is 0 Å². The molecule has 0 spiro atoms. The second-order valence-electron chi connectivity index (χ2n) is 4.92. The van der Waals surface area contributed by atoms with E-state index in [1.165, 1.54) is 25.7 Å². The molecule has 2 aromatic heterocycles. The van der Waals surface area contributed by atoms with E-state index in [2.05, 4.69) is 26.0 Å². The van der Waals surface area contributed by atoms with Gasteiger partial charge in [-0.3, -0.25) is 0 Å². The van der Waals surface area contributed by atoms with Crippen molar-refractivity contribution in [2.24, 2.45) is 5.92 Å². The van der Waals surface area contributed by atoms with Crippen LogP contribution in [-0.2, 0) is 0 Å². The smallest absolute Gasteiger partial charge is 0.157 e. The summed E-state index contributed by atoms with van der Waals surface area (Å²) in [6.45, 7) is 0.805. The fourth-order valence-corrected chi connectivity index (χ4v) is 2.64. The van der Waals surface area contributed by atoms with Crippen molar-refractivity contribution < 1.29 is 4.74 Å². The van der Waals surface area contributed by atoms with E-state index in [-0.39, 0.29) is 0 Å². The van der Waals surface area contributed by atoms with Crippen molar-refractivity contribution in [1.82, 2.24) is 14.8 Å². The van der Waals surface area contributed by atoms with Crippen molar-refractivity contribution in [3.63, 3.8) is 0 Å². The standard InChI is InChI=1S/C14H16BrN3O/c15-12-5-6-14(16-7-12)18-9-13(8-17-18)19-10-11-3-1-2-4-11/h5-9,11H,1-4,10H2. The van der Waals surface area contributed by atoms with Gasteiger partial charge in [-0.05, 0) is 46.8 Å². The molecule has 19 heavy (non-hydrogen) atoms. The summed E-state index contributed by atoms with van der Waals surface area (Å²) in [4.78, 5) is 4.30. The van der Waals surface area contributed by atoms with Gasteiger partial charge in [-0.2, -0.15) is 5.10 Å². The Morgan fingerprint density at radius 2 is 2.11 bits per heavy atom. The minimum absolute atomic E-state index is 0.717. The van der Waals surface area contributed by atoms with Gasteiger partial charge in [-0.1, -0.05) is 12.8 Å². The molecule has 1 aliphatic rings. The molecule has 0 atom stereocenters. The normalized spacial score (nSPS) is 15.8. The summed E-state index contributed by atoms with van der Waals surface area (Å²) < 4.78 is 8.49. The molecular weight excluding hydrogens is 306 g/mol. The fraction of sp³-hybridized carbons (Fsp3) is 0.429. The minimum Gasteiger partial charge on any atom is -0.490 e. The average molecular weight is 322 g/mol. The third-order valence-electron chi connectivity index (χ3n) is 3.47. The first-order chi connectivity index (χ1) is 9.31. The summed E-state index contributed by atoms with van der Waals surface area (Å²) in [5, 5.41) is 4.28. The molecule has 0 unspecified atom stereocenters. The van der Waals surface area contributed by atoms with Crippen molar-refractivity contribution in [1.29, 1.82) is 0 Å². The SMILES string of the molecule is Brc1ccc(-n2cc(OCC3CCCC3)cn2)nc1. The Morgan fingerprint density at radius 3 is 2.84 bits per heavy atom. The first-order valence-corrected chi connectivity index (χ1v) is 7.40. The maximum Gasteiger partial charge on any atom is 0.157 e. The highest BCUT2D eigenvalue weighted by atomic mass is 79.9. The van der Waals surface area contributed by atoms with Crippen molar-refractivity contribution in [2.45, 2.75) is 25.7 Å². The molecule has 2 aromatic rings. The maximum atomic E-state index is 5.80. The van der Waals surface area contributed by atoms with E-state index in [4.69, 9.17) is 4.74 Å². The van der Waals surface area contributed by atoms with E-state index in [0.29, 0.717) is 5.92 Å². The Kier molecular flexibility index (Phi) is 3.82. The monoisotopic (exact) mass is 321 g/mol. The number of ether oxygens (including phenoxy) is 1. The maximum absolute atomic E-state index is 5.80. The summed E-state index contributed by atoms with van der Waals surface area (Å²) in [6.07, 6.45) is 10.7. The average Bonchev–Trinajstić information content (AvgIpc) is 3.09. The lowest BCUT2D eigenvalue weighted by Crippen LogP contribution is -2.07. The molecule has 0 aromatic carbocycles. The molecular formula is C14H16BrN3O. The molecule has 0 aliphatic heterocycles. The second-order valence-corrected chi connectivity index (χ2v) is 5.83. The van der Waals surface area contributed by atoms with Crippen LogP contribution >= 0.6 is 15.9 Å². The van der Waals surface area contributed by atoms with Crippen LogP contribution in [0, 0.1) is 5.92 Å². The molecule has 1 saturated carbocycles. The number of rotatable bonds is 4. The lowest BCUT2D eigenvalue weighted by Gasteiger charge is -2.08. The zero-order valence-electron chi connectivity index (χ0n) is 10.6. The van der Waals surface area contributed by atoms with Gasteiger partial charge in [0.2, 0.25) is 0 Å². The van der Waals surface area contributed by atoms with Gasteiger partial charge >= 0.3 is 0 Å². The molecule has 100 valence electrons. The topological polar surface area (TPSA) is 39.9 Å². The highest BCUT2D eigenvalue weighted by Gasteiger charge is 2.15. The zero-order chi connectivity index (χ0) is 13.1. The van der Waals surface area contributed by atoms with Crippen LogP contribution < -0.4 is 4.74 Å². The van der Waals surface area contributed by atoms with Gasteiger partial charge in [0.15, 0.2) is 11.6 Å². The van der Waals surface area contributed by atoms with Gasteiger partial charge in [0.25, 0.3) is 0 Å². The highest BCUT2D eigenvalue weighted by Crippen LogP contribution is 2.25. The van der Waals surface area contributed by atoms with Gasteiger partial charge in [-0.15, -0.1) is 0 Å². The molecule has 0 saturated heterocycles. The predicted octanol–water partition coefficient (Wildman–Crippen LogP) is 3.60. The number of hydrogen-bond donors (Lipinski definition) is 0. The Bertz CT molecular complexity index is 532. The Hall–Kier alpha value is -1.36. The predicted molar refractivity (Wildman–Crippen MR) is 76.5 cm³/mol. The van der Waals surface area contributed by atoms with E-state index in [1.54, 1.807) is 17.1 Å². The molecule has 2 heterocycles. The first kappa shape index (κ1) is 12.7. The quantitative estimate of drug-likeness (QED) is 0.863. The molecule has 0 amide bonds. The Morgan fingerprint density at radius 1 is 1.26 bits per heavy atom. The lowest BCUT2D eigenvalue weighted by molar-refractivity contribution is 0.252. The zero-order valence-corrected chi connectivity index (χ0v) is 12.2. The van der Waals surface area contributed by atoms with Crippen molar-refractivity contribution in [2.75, 3.05) is 6.61 Å². The van der Waals surface area contributed by atoms with Crippen LogP contribution in [-0.4, -0.2) is 21.4 Å². The Labute approximate surface area is 120 Å². The third-order valence-corrected chi connectivity index (χ3v) is 3.93. The molecule has 0 radical (unpaired) electrons. The van der Waals surface area contributed by atoms with Gasteiger partial charge in [0.05, 0.1) is 19.0 Å². The molecule has 4 nitrogen and oxygen atoms in total. The Balaban J connectivity index is 1.63. The van der Waals surface area contributed by atoms with E-state index < -0.39 is 0 Å². The fourth-order valence-electron chi connectivity index (χ4n) is 2.40. The van der Waals surface area contributed by atoms with E-state index in [1.807, 2.05) is 18.3 Å². The number of hydrogen-bond acceptors (Lipinski definition) is 3.